The molecule has 7 heteroatoms. The third-order valence-electron chi connectivity index (χ3n) is 3.11. The van der Waals surface area contributed by atoms with Gasteiger partial charge in [-0.2, -0.15) is 0 Å². The standard InChI is InChI=1S/C13H23N3OS.2ClH/c1-9-13(18-11(3)15-9)10(2)16(5)12(17)7-6-8-14-4;;/h10,14H,6-8H2,1-5H3;2*1H. The maximum absolute atomic E-state index is 12.0. The van der Waals surface area contributed by atoms with E-state index < -0.39 is 0 Å². The molecule has 1 aromatic heterocycles. The van der Waals surface area contributed by atoms with Crippen LogP contribution < -0.4 is 5.32 Å². The van der Waals surface area contributed by atoms with Crippen molar-refractivity contribution in [3.63, 3.8) is 0 Å². The van der Waals surface area contributed by atoms with Gasteiger partial charge in [0.25, 0.3) is 0 Å². The van der Waals surface area contributed by atoms with Crippen LogP contribution in [0.2, 0.25) is 0 Å². The summed E-state index contributed by atoms with van der Waals surface area (Å²) < 4.78 is 0. The van der Waals surface area contributed by atoms with E-state index in [4.69, 9.17) is 0 Å². The lowest BCUT2D eigenvalue weighted by atomic mass is 10.2. The molecule has 1 unspecified atom stereocenters. The molecule has 0 bridgehead atoms. The van der Waals surface area contributed by atoms with Crippen molar-refractivity contribution < 1.29 is 4.79 Å². The Bertz CT molecular complexity index is 412. The molecule has 0 saturated heterocycles. The molecule has 1 aromatic rings. The maximum atomic E-state index is 12.0. The van der Waals surface area contributed by atoms with Crippen molar-refractivity contribution in [2.75, 3.05) is 20.6 Å². The quantitative estimate of drug-likeness (QED) is 0.808. The van der Waals surface area contributed by atoms with Gasteiger partial charge in [-0.05, 0) is 40.8 Å². The molecule has 118 valence electrons. The summed E-state index contributed by atoms with van der Waals surface area (Å²) in [4.78, 5) is 19.5. The van der Waals surface area contributed by atoms with Crippen LogP contribution >= 0.6 is 36.2 Å². The minimum atomic E-state index is 0. The highest BCUT2D eigenvalue weighted by molar-refractivity contribution is 7.11. The molecule has 0 fully saturated rings. The first-order valence-corrected chi connectivity index (χ1v) is 7.13. The molecule has 20 heavy (non-hydrogen) atoms. The van der Waals surface area contributed by atoms with E-state index in [-0.39, 0.29) is 36.8 Å². The smallest absolute Gasteiger partial charge is 0.222 e. The van der Waals surface area contributed by atoms with Crippen LogP contribution in [0.5, 0.6) is 0 Å². The Balaban J connectivity index is 0. The third kappa shape index (κ3) is 5.95. The second-order valence-electron chi connectivity index (χ2n) is 4.57. The summed E-state index contributed by atoms with van der Waals surface area (Å²) in [5.74, 6) is 0.197. The van der Waals surface area contributed by atoms with Crippen LogP contribution in [0, 0.1) is 13.8 Å². The summed E-state index contributed by atoms with van der Waals surface area (Å²) in [7, 11) is 3.78. The summed E-state index contributed by atoms with van der Waals surface area (Å²) in [6, 6.07) is 0.110. The van der Waals surface area contributed by atoms with Crippen molar-refractivity contribution in [1.29, 1.82) is 0 Å². The highest BCUT2D eigenvalue weighted by Crippen LogP contribution is 2.28. The molecule has 1 heterocycles. The van der Waals surface area contributed by atoms with Gasteiger partial charge in [0.1, 0.15) is 0 Å². The lowest BCUT2D eigenvalue weighted by Gasteiger charge is -2.24. The van der Waals surface area contributed by atoms with Gasteiger partial charge in [0.2, 0.25) is 5.91 Å². The number of halogens is 2. The van der Waals surface area contributed by atoms with E-state index in [9.17, 15) is 4.79 Å². The predicted octanol–water partition coefficient (Wildman–Crippen LogP) is 3.12. The Morgan fingerprint density at radius 1 is 1.40 bits per heavy atom. The largest absolute Gasteiger partial charge is 0.338 e. The van der Waals surface area contributed by atoms with Gasteiger partial charge in [-0.1, -0.05) is 0 Å². The van der Waals surface area contributed by atoms with Crippen molar-refractivity contribution in [3.05, 3.63) is 15.6 Å². The Labute approximate surface area is 138 Å². The number of thiazole rings is 1. The minimum absolute atomic E-state index is 0. The molecular formula is C13H25Cl2N3OS. The fourth-order valence-corrected chi connectivity index (χ4v) is 2.94. The number of aryl methyl sites for hydroxylation is 2. The van der Waals surface area contributed by atoms with E-state index in [0.717, 1.165) is 23.7 Å². The number of hydrogen-bond acceptors (Lipinski definition) is 4. The number of amides is 1. The summed E-state index contributed by atoms with van der Waals surface area (Å²) in [5, 5.41) is 4.12. The molecule has 0 aliphatic heterocycles. The molecule has 4 nitrogen and oxygen atoms in total. The van der Waals surface area contributed by atoms with Gasteiger partial charge in [-0.15, -0.1) is 36.2 Å². The lowest BCUT2D eigenvalue weighted by Crippen LogP contribution is -2.29. The van der Waals surface area contributed by atoms with Crippen molar-refractivity contribution in [1.82, 2.24) is 15.2 Å². The van der Waals surface area contributed by atoms with Gasteiger partial charge in [0.15, 0.2) is 0 Å². The molecule has 1 atom stereocenters. The molecule has 0 radical (unpaired) electrons. The van der Waals surface area contributed by atoms with E-state index in [0.29, 0.717) is 6.42 Å². The zero-order valence-corrected chi connectivity index (χ0v) is 15.2. The summed E-state index contributed by atoms with van der Waals surface area (Å²) >= 11 is 1.68. The summed E-state index contributed by atoms with van der Waals surface area (Å²) in [6.45, 7) is 6.96. The summed E-state index contributed by atoms with van der Waals surface area (Å²) in [5.41, 5.74) is 1.04. The zero-order valence-electron chi connectivity index (χ0n) is 12.7. The molecule has 0 aliphatic carbocycles. The number of aromatic nitrogens is 1. The number of nitrogens with zero attached hydrogens (tertiary/aromatic N) is 2. The van der Waals surface area contributed by atoms with E-state index in [2.05, 4.69) is 17.2 Å². The van der Waals surface area contributed by atoms with Crippen molar-refractivity contribution >= 4 is 42.1 Å². The van der Waals surface area contributed by atoms with Crippen LogP contribution in [0.1, 0.15) is 41.4 Å². The van der Waals surface area contributed by atoms with Gasteiger partial charge < -0.3 is 10.2 Å². The fourth-order valence-electron chi connectivity index (χ4n) is 1.92. The number of carbonyl (C=O) groups excluding carboxylic acids is 1. The number of hydrogen-bond donors (Lipinski definition) is 1. The Kier molecular flexibility index (Phi) is 11.4. The van der Waals surface area contributed by atoms with Gasteiger partial charge in [-0.3, -0.25) is 4.79 Å². The van der Waals surface area contributed by atoms with E-state index >= 15 is 0 Å². The highest BCUT2D eigenvalue weighted by Gasteiger charge is 2.20. The second kappa shape index (κ2) is 10.4. The molecule has 0 spiro atoms. The van der Waals surface area contributed by atoms with E-state index in [1.54, 1.807) is 11.3 Å². The lowest BCUT2D eigenvalue weighted by molar-refractivity contribution is -0.131. The first-order chi connectivity index (χ1) is 8.47. The Hall–Kier alpha value is -0.360. The zero-order chi connectivity index (χ0) is 13.7. The summed E-state index contributed by atoms with van der Waals surface area (Å²) in [6.07, 6.45) is 1.48. The Morgan fingerprint density at radius 3 is 2.45 bits per heavy atom. The van der Waals surface area contributed by atoms with E-state index in [1.807, 2.05) is 32.8 Å². The van der Waals surface area contributed by atoms with Crippen molar-refractivity contribution in [2.24, 2.45) is 0 Å². The highest BCUT2D eigenvalue weighted by atomic mass is 35.5. The first kappa shape index (κ1) is 21.9. The molecule has 0 aliphatic rings. The maximum Gasteiger partial charge on any atom is 0.222 e. The van der Waals surface area contributed by atoms with Gasteiger partial charge in [-0.25, -0.2) is 4.98 Å². The van der Waals surface area contributed by atoms with Crippen LogP contribution in [0.3, 0.4) is 0 Å². The topological polar surface area (TPSA) is 45.2 Å². The van der Waals surface area contributed by atoms with E-state index in [1.165, 1.54) is 4.88 Å². The SMILES string of the molecule is CNCCCC(=O)N(C)C(C)c1sc(C)nc1C.Cl.Cl. The molecule has 1 N–H and O–H groups in total. The monoisotopic (exact) mass is 341 g/mol. The van der Waals surface area contributed by atoms with Crippen LogP contribution in [0.15, 0.2) is 0 Å². The van der Waals surface area contributed by atoms with Crippen LogP contribution in [0.25, 0.3) is 0 Å². The molecule has 1 amide bonds. The van der Waals surface area contributed by atoms with Gasteiger partial charge >= 0.3 is 0 Å². The molecule has 0 saturated carbocycles. The minimum Gasteiger partial charge on any atom is -0.338 e. The molecule has 1 rings (SSSR count). The first-order valence-electron chi connectivity index (χ1n) is 6.31. The van der Waals surface area contributed by atoms with Crippen molar-refractivity contribution in [3.8, 4) is 0 Å². The number of carbonyl (C=O) groups is 1. The third-order valence-corrected chi connectivity index (χ3v) is 4.35. The Morgan fingerprint density at radius 2 is 2.00 bits per heavy atom. The normalized spacial score (nSPS) is 11.2. The van der Waals surface area contributed by atoms with Gasteiger partial charge in [0, 0.05) is 18.3 Å². The molecular weight excluding hydrogens is 317 g/mol. The second-order valence-corrected chi connectivity index (χ2v) is 5.81. The van der Waals surface area contributed by atoms with Crippen molar-refractivity contribution in [2.45, 2.75) is 39.7 Å². The number of nitrogens with one attached hydrogen (secondary N) is 1. The van der Waals surface area contributed by atoms with Gasteiger partial charge in [0.05, 0.1) is 16.7 Å². The molecule has 0 aromatic carbocycles. The van der Waals surface area contributed by atoms with Crippen LogP contribution in [-0.4, -0.2) is 36.4 Å². The average Bonchev–Trinajstić information content (AvgIpc) is 2.66. The van der Waals surface area contributed by atoms with Crippen LogP contribution in [0.4, 0.5) is 0 Å². The average molecular weight is 342 g/mol. The predicted molar refractivity (Wildman–Crippen MR) is 90.4 cm³/mol. The number of rotatable bonds is 6. The van der Waals surface area contributed by atoms with Crippen LogP contribution in [-0.2, 0) is 4.79 Å². The fraction of sp³-hybridized carbons (Fsp3) is 0.692.